The molecule has 6 nitrogen and oxygen atoms in total. The van der Waals surface area contributed by atoms with E-state index in [4.69, 9.17) is 0 Å². The fraction of sp³-hybridized carbons (Fsp3) is 0.118. The molecule has 1 N–H and O–H groups in total. The van der Waals surface area contributed by atoms with Crippen LogP contribution in [0.25, 0.3) is 27.9 Å². The number of amides is 2. The van der Waals surface area contributed by atoms with Gasteiger partial charge in [0.25, 0.3) is 11.8 Å². The summed E-state index contributed by atoms with van der Waals surface area (Å²) in [5, 5.41) is 0.886. The second-order valence-corrected chi connectivity index (χ2v) is 6.46. The van der Waals surface area contributed by atoms with Crippen molar-refractivity contribution in [2.75, 3.05) is 7.05 Å². The lowest BCUT2D eigenvalue weighted by atomic mass is 10.0. The lowest BCUT2D eigenvalue weighted by Gasteiger charge is -2.08. The zero-order chi connectivity index (χ0) is 17.0. The molecule has 0 spiro atoms. The molecule has 0 fully saturated rings. The van der Waals surface area contributed by atoms with Gasteiger partial charge in [-0.25, -0.2) is 4.98 Å². The number of likely N-dealkylation sites (N-methyl/N-ethyl adjacent to an activating group) is 1. The lowest BCUT2D eigenvalue weighted by Crippen LogP contribution is -2.26. The first kappa shape index (κ1) is 14.9. The summed E-state index contributed by atoms with van der Waals surface area (Å²) in [6.07, 6.45) is 3.43. The third-order valence-electron chi connectivity index (χ3n) is 4.26. The van der Waals surface area contributed by atoms with E-state index in [1.54, 1.807) is 12.5 Å². The van der Waals surface area contributed by atoms with Gasteiger partial charge >= 0.3 is 0 Å². The molecule has 0 atom stereocenters. The van der Waals surface area contributed by atoms with Gasteiger partial charge in [0.15, 0.2) is 0 Å². The van der Waals surface area contributed by atoms with Crippen molar-refractivity contribution in [3.05, 3.63) is 46.8 Å². The molecule has 7 heteroatoms. The largest absolute Gasteiger partial charge is 0.353 e. The number of carbonyl (C=O) groups is 2. The Labute approximate surface area is 145 Å². The Morgan fingerprint density at radius 3 is 2.50 bits per heavy atom. The SMILES string of the molecule is CN1C(=O)C(Br)=C(c2c(-c3cncn3C)[nH]c3ccccc23)C1=O. The zero-order valence-electron chi connectivity index (χ0n) is 13.0. The Morgan fingerprint density at radius 2 is 1.88 bits per heavy atom. The number of H-pyrrole nitrogens is 1. The van der Waals surface area contributed by atoms with Crippen molar-refractivity contribution in [2.24, 2.45) is 7.05 Å². The van der Waals surface area contributed by atoms with Gasteiger partial charge in [-0.05, 0) is 22.0 Å². The van der Waals surface area contributed by atoms with Gasteiger partial charge in [-0.2, -0.15) is 0 Å². The predicted molar refractivity (Wildman–Crippen MR) is 94.1 cm³/mol. The van der Waals surface area contributed by atoms with Crippen LogP contribution in [0, 0.1) is 0 Å². The van der Waals surface area contributed by atoms with Crippen LogP contribution in [0.3, 0.4) is 0 Å². The van der Waals surface area contributed by atoms with Crippen molar-refractivity contribution < 1.29 is 9.59 Å². The number of aromatic amines is 1. The number of benzene rings is 1. The highest BCUT2D eigenvalue weighted by Gasteiger charge is 2.38. The number of aromatic nitrogens is 3. The minimum Gasteiger partial charge on any atom is -0.353 e. The van der Waals surface area contributed by atoms with Crippen LogP contribution < -0.4 is 0 Å². The molecule has 0 aliphatic carbocycles. The molecule has 0 unspecified atom stereocenters. The van der Waals surface area contributed by atoms with Gasteiger partial charge in [0, 0.05) is 30.6 Å². The number of imidazole rings is 1. The molecule has 0 saturated carbocycles. The zero-order valence-corrected chi connectivity index (χ0v) is 14.6. The number of hydrogen-bond donors (Lipinski definition) is 1. The molecular weight excluding hydrogens is 372 g/mol. The monoisotopic (exact) mass is 384 g/mol. The molecule has 24 heavy (non-hydrogen) atoms. The summed E-state index contributed by atoms with van der Waals surface area (Å²) in [4.78, 5) is 33.5. The third kappa shape index (κ3) is 1.91. The number of halogens is 1. The van der Waals surface area contributed by atoms with Crippen LogP contribution in [0.2, 0.25) is 0 Å². The number of aryl methyl sites for hydroxylation is 1. The predicted octanol–water partition coefficient (Wildman–Crippen LogP) is 2.67. The van der Waals surface area contributed by atoms with Crippen LogP contribution in [-0.2, 0) is 16.6 Å². The fourth-order valence-corrected chi connectivity index (χ4v) is 3.65. The number of carbonyl (C=O) groups excluding carboxylic acids is 2. The van der Waals surface area contributed by atoms with Gasteiger partial charge in [0.2, 0.25) is 0 Å². The average Bonchev–Trinajstić information content (AvgIpc) is 3.21. The number of para-hydroxylation sites is 1. The van der Waals surface area contributed by atoms with Crippen molar-refractivity contribution in [3.8, 4) is 11.4 Å². The second-order valence-electron chi connectivity index (χ2n) is 5.67. The third-order valence-corrected chi connectivity index (χ3v) is 4.99. The summed E-state index contributed by atoms with van der Waals surface area (Å²) in [6, 6.07) is 7.71. The molecule has 0 bridgehead atoms. The standard InChI is InChI=1S/C17H13BrN4O2/c1-21-8-19-7-11(21)15-12(9-5-3-4-6-10(9)20-15)13-14(18)17(24)22(2)16(13)23/h3-8,20H,1-2H3. The van der Waals surface area contributed by atoms with Crippen LogP contribution in [0.5, 0.6) is 0 Å². The van der Waals surface area contributed by atoms with Crippen molar-refractivity contribution in [1.82, 2.24) is 19.4 Å². The maximum Gasteiger partial charge on any atom is 0.268 e. The van der Waals surface area contributed by atoms with E-state index in [0.29, 0.717) is 11.1 Å². The minimum absolute atomic E-state index is 0.281. The Balaban J connectivity index is 2.10. The summed E-state index contributed by atoms with van der Waals surface area (Å²) >= 11 is 3.31. The summed E-state index contributed by atoms with van der Waals surface area (Å²) in [5.41, 5.74) is 3.58. The van der Waals surface area contributed by atoms with Crippen LogP contribution in [0.4, 0.5) is 0 Å². The molecular formula is C17H13BrN4O2. The Bertz CT molecular complexity index is 1040. The summed E-state index contributed by atoms with van der Waals surface area (Å²) < 4.78 is 2.15. The number of nitrogens with one attached hydrogen (secondary N) is 1. The molecule has 4 rings (SSSR count). The highest BCUT2D eigenvalue weighted by atomic mass is 79.9. The van der Waals surface area contributed by atoms with Crippen LogP contribution in [-0.4, -0.2) is 38.3 Å². The molecule has 3 aromatic rings. The molecule has 1 aliphatic rings. The molecule has 2 aromatic heterocycles. The lowest BCUT2D eigenvalue weighted by molar-refractivity contribution is -0.134. The van der Waals surface area contributed by atoms with E-state index in [1.165, 1.54) is 7.05 Å². The maximum atomic E-state index is 12.7. The van der Waals surface area contributed by atoms with Crippen molar-refractivity contribution in [3.63, 3.8) is 0 Å². The van der Waals surface area contributed by atoms with Gasteiger partial charge in [-0.3, -0.25) is 14.5 Å². The van der Waals surface area contributed by atoms with E-state index in [2.05, 4.69) is 25.9 Å². The van der Waals surface area contributed by atoms with Gasteiger partial charge in [0.1, 0.15) is 0 Å². The first-order valence-corrected chi connectivity index (χ1v) is 8.10. The molecule has 0 saturated heterocycles. The van der Waals surface area contributed by atoms with Gasteiger partial charge < -0.3 is 9.55 Å². The number of fused-ring (bicyclic) bond motifs is 1. The van der Waals surface area contributed by atoms with E-state index in [1.807, 2.05) is 35.9 Å². The van der Waals surface area contributed by atoms with Gasteiger partial charge in [0.05, 0.1) is 34.0 Å². The van der Waals surface area contributed by atoms with Gasteiger partial charge in [-0.15, -0.1) is 0 Å². The van der Waals surface area contributed by atoms with Crippen molar-refractivity contribution in [2.45, 2.75) is 0 Å². The van der Waals surface area contributed by atoms with Gasteiger partial charge in [-0.1, -0.05) is 18.2 Å². The van der Waals surface area contributed by atoms with E-state index < -0.39 is 0 Å². The topological polar surface area (TPSA) is 71.0 Å². The summed E-state index contributed by atoms with van der Waals surface area (Å²) in [6.45, 7) is 0. The fourth-order valence-electron chi connectivity index (χ4n) is 3.02. The number of hydrogen-bond acceptors (Lipinski definition) is 3. The first-order chi connectivity index (χ1) is 11.5. The van der Waals surface area contributed by atoms with Crippen LogP contribution in [0.1, 0.15) is 5.56 Å². The normalized spacial score (nSPS) is 15.2. The molecule has 2 amide bonds. The number of rotatable bonds is 2. The van der Waals surface area contributed by atoms with Crippen molar-refractivity contribution in [1.29, 1.82) is 0 Å². The number of imide groups is 1. The summed E-state index contributed by atoms with van der Waals surface area (Å²) in [5.74, 6) is -0.656. The van der Waals surface area contributed by atoms with Crippen LogP contribution in [0.15, 0.2) is 41.3 Å². The quantitative estimate of drug-likeness (QED) is 0.690. The molecule has 0 radical (unpaired) electrons. The van der Waals surface area contributed by atoms with Crippen molar-refractivity contribution >= 4 is 44.2 Å². The van der Waals surface area contributed by atoms with Crippen LogP contribution >= 0.6 is 15.9 Å². The molecule has 1 aromatic carbocycles. The highest BCUT2D eigenvalue weighted by Crippen LogP contribution is 2.41. The molecule has 1 aliphatic heterocycles. The highest BCUT2D eigenvalue weighted by molar-refractivity contribution is 9.12. The summed E-state index contributed by atoms with van der Waals surface area (Å²) in [7, 11) is 3.37. The Morgan fingerprint density at radius 1 is 1.12 bits per heavy atom. The maximum absolute atomic E-state index is 12.7. The minimum atomic E-state index is -0.337. The van der Waals surface area contributed by atoms with E-state index >= 15 is 0 Å². The second kappa shape index (κ2) is 5.17. The smallest absolute Gasteiger partial charge is 0.268 e. The molecule has 3 heterocycles. The Hall–Kier alpha value is -2.67. The van der Waals surface area contributed by atoms with E-state index in [-0.39, 0.29) is 16.3 Å². The average molecular weight is 385 g/mol. The van der Waals surface area contributed by atoms with E-state index in [0.717, 1.165) is 27.2 Å². The first-order valence-electron chi connectivity index (χ1n) is 7.30. The number of nitrogens with zero attached hydrogens (tertiary/aromatic N) is 3. The molecule has 120 valence electrons. The van der Waals surface area contributed by atoms with E-state index in [9.17, 15) is 9.59 Å². The Kier molecular flexibility index (Phi) is 3.21.